The summed E-state index contributed by atoms with van der Waals surface area (Å²) in [7, 11) is 4.01. The zero-order chi connectivity index (χ0) is 14.8. The number of aliphatic imine (C=N–C) groups is 1. The normalized spacial score (nSPS) is 11.0. The van der Waals surface area contributed by atoms with Crippen LogP contribution in [0.2, 0.25) is 0 Å². The lowest BCUT2D eigenvalue weighted by Gasteiger charge is -2.10. The van der Waals surface area contributed by atoms with E-state index in [1.54, 1.807) is 11.3 Å². The van der Waals surface area contributed by atoms with Gasteiger partial charge in [0.15, 0.2) is 11.1 Å². The van der Waals surface area contributed by atoms with Gasteiger partial charge in [-0.15, -0.1) is 35.3 Å². The van der Waals surface area contributed by atoms with Crippen molar-refractivity contribution >= 4 is 58.2 Å². The van der Waals surface area contributed by atoms with Crippen LogP contribution < -0.4 is 15.5 Å². The van der Waals surface area contributed by atoms with Gasteiger partial charge in [-0.05, 0) is 25.4 Å². The van der Waals surface area contributed by atoms with Crippen LogP contribution in [0.3, 0.4) is 0 Å². The van der Waals surface area contributed by atoms with Crippen molar-refractivity contribution in [2.75, 3.05) is 44.1 Å². The Kier molecular flexibility index (Phi) is 12.2. The third kappa shape index (κ3) is 8.72. The van der Waals surface area contributed by atoms with E-state index in [-0.39, 0.29) is 24.0 Å². The van der Waals surface area contributed by atoms with Crippen molar-refractivity contribution in [1.29, 1.82) is 0 Å². The van der Waals surface area contributed by atoms with Crippen molar-refractivity contribution in [2.45, 2.75) is 19.9 Å². The summed E-state index contributed by atoms with van der Waals surface area (Å²) in [6.07, 6.45) is 3.27. The summed E-state index contributed by atoms with van der Waals surface area (Å²) < 4.78 is 0. The minimum absolute atomic E-state index is 0. The predicted octanol–water partition coefficient (Wildman–Crippen LogP) is 2.64. The Labute approximate surface area is 153 Å². The van der Waals surface area contributed by atoms with Crippen LogP contribution in [0.25, 0.3) is 0 Å². The van der Waals surface area contributed by atoms with E-state index in [4.69, 9.17) is 0 Å². The number of thiazole rings is 1. The summed E-state index contributed by atoms with van der Waals surface area (Å²) in [5.74, 6) is 2.04. The van der Waals surface area contributed by atoms with Crippen LogP contribution in [-0.2, 0) is 6.54 Å². The van der Waals surface area contributed by atoms with Gasteiger partial charge in [0.2, 0.25) is 0 Å². The Hall–Kier alpha value is -0.220. The summed E-state index contributed by atoms with van der Waals surface area (Å²) in [6.45, 7) is 4.51. The van der Waals surface area contributed by atoms with Gasteiger partial charge in [-0.1, -0.05) is 0 Å². The number of halogens is 1. The van der Waals surface area contributed by atoms with Gasteiger partial charge in [-0.25, -0.2) is 9.98 Å². The van der Waals surface area contributed by atoms with Crippen LogP contribution in [0, 0.1) is 0 Å². The van der Waals surface area contributed by atoms with Crippen LogP contribution >= 0.6 is 47.1 Å². The number of guanidine groups is 1. The number of thioether (sulfide) groups is 1. The number of nitrogens with one attached hydrogen (secondary N) is 2. The van der Waals surface area contributed by atoms with Gasteiger partial charge in [-0.2, -0.15) is 11.8 Å². The molecule has 0 fully saturated rings. The second kappa shape index (κ2) is 12.3. The molecule has 0 saturated heterocycles. The second-order valence-corrected chi connectivity index (χ2v) is 6.31. The molecule has 0 radical (unpaired) electrons. The van der Waals surface area contributed by atoms with Gasteiger partial charge in [0.1, 0.15) is 0 Å². The van der Waals surface area contributed by atoms with Gasteiger partial charge in [0.05, 0.1) is 12.2 Å². The standard InChI is InChI=1S/C13H25N5S2.HI/c1-5-14-12(15-7-6-8-19-4)16-9-11-10-20-13(17-11)18(2)3;/h10H,5-9H2,1-4H3,(H2,14,15,16);1H. The molecular weight excluding hydrogens is 417 g/mol. The number of hydrogen-bond donors (Lipinski definition) is 2. The van der Waals surface area contributed by atoms with Crippen molar-refractivity contribution in [3.05, 3.63) is 11.1 Å². The van der Waals surface area contributed by atoms with Crippen molar-refractivity contribution in [2.24, 2.45) is 4.99 Å². The van der Waals surface area contributed by atoms with Crippen LogP contribution in [0.4, 0.5) is 5.13 Å². The van der Waals surface area contributed by atoms with Crippen molar-refractivity contribution < 1.29 is 0 Å². The molecule has 0 atom stereocenters. The summed E-state index contributed by atoms with van der Waals surface area (Å²) >= 11 is 3.52. The van der Waals surface area contributed by atoms with E-state index in [0.29, 0.717) is 6.54 Å². The Morgan fingerprint density at radius 2 is 2.19 bits per heavy atom. The molecule has 122 valence electrons. The van der Waals surface area contributed by atoms with Crippen LogP contribution in [0.5, 0.6) is 0 Å². The smallest absolute Gasteiger partial charge is 0.191 e. The molecule has 8 heteroatoms. The summed E-state index contributed by atoms with van der Waals surface area (Å²) in [5.41, 5.74) is 1.01. The fourth-order valence-electron chi connectivity index (χ4n) is 1.50. The van der Waals surface area contributed by atoms with Crippen molar-refractivity contribution in [1.82, 2.24) is 15.6 Å². The lowest BCUT2D eigenvalue weighted by Crippen LogP contribution is -2.37. The number of hydrogen-bond acceptors (Lipinski definition) is 5. The fraction of sp³-hybridized carbons (Fsp3) is 0.692. The van der Waals surface area contributed by atoms with Gasteiger partial charge < -0.3 is 15.5 Å². The lowest BCUT2D eigenvalue weighted by atomic mass is 10.5. The molecule has 1 aromatic rings. The molecule has 0 unspecified atom stereocenters. The van der Waals surface area contributed by atoms with E-state index in [1.807, 2.05) is 30.8 Å². The molecule has 1 heterocycles. The maximum Gasteiger partial charge on any atom is 0.191 e. The topological polar surface area (TPSA) is 52.6 Å². The highest BCUT2D eigenvalue weighted by Crippen LogP contribution is 2.18. The number of rotatable bonds is 8. The SMILES string of the molecule is CCNC(=NCc1csc(N(C)C)n1)NCCCSC.I. The molecule has 0 spiro atoms. The molecular formula is C13H26IN5S2. The molecule has 21 heavy (non-hydrogen) atoms. The number of nitrogens with zero attached hydrogens (tertiary/aromatic N) is 3. The summed E-state index contributed by atoms with van der Waals surface area (Å²) in [5, 5.41) is 9.69. The van der Waals surface area contributed by atoms with E-state index >= 15 is 0 Å². The van der Waals surface area contributed by atoms with Crippen LogP contribution in [0.15, 0.2) is 10.4 Å². The molecule has 1 rings (SSSR count). The van der Waals surface area contributed by atoms with E-state index in [0.717, 1.165) is 36.3 Å². The predicted molar refractivity (Wildman–Crippen MR) is 108 cm³/mol. The zero-order valence-corrected chi connectivity index (χ0v) is 17.1. The Morgan fingerprint density at radius 3 is 2.76 bits per heavy atom. The first-order chi connectivity index (χ1) is 9.67. The van der Waals surface area contributed by atoms with E-state index in [1.165, 1.54) is 5.75 Å². The highest BCUT2D eigenvalue weighted by atomic mass is 127. The molecule has 5 nitrogen and oxygen atoms in total. The molecule has 2 N–H and O–H groups in total. The quantitative estimate of drug-likeness (QED) is 0.280. The van der Waals surface area contributed by atoms with Gasteiger partial charge in [0.25, 0.3) is 0 Å². The monoisotopic (exact) mass is 443 g/mol. The summed E-state index contributed by atoms with van der Waals surface area (Å²) in [6, 6.07) is 0. The number of aromatic nitrogens is 1. The first kappa shape index (κ1) is 20.8. The number of anilines is 1. The van der Waals surface area contributed by atoms with Gasteiger partial charge >= 0.3 is 0 Å². The van der Waals surface area contributed by atoms with Crippen molar-refractivity contribution in [3.8, 4) is 0 Å². The minimum atomic E-state index is 0. The molecule has 0 aliphatic carbocycles. The Balaban J connectivity index is 0.00000400. The first-order valence-electron chi connectivity index (χ1n) is 6.80. The maximum absolute atomic E-state index is 4.57. The van der Waals surface area contributed by atoms with Gasteiger partial charge in [0, 0.05) is 32.6 Å². The lowest BCUT2D eigenvalue weighted by molar-refractivity contribution is 0.788. The average Bonchev–Trinajstić information content (AvgIpc) is 2.90. The molecule has 0 aliphatic rings. The molecule has 0 amide bonds. The maximum atomic E-state index is 4.57. The molecule has 0 saturated carbocycles. The van der Waals surface area contributed by atoms with E-state index < -0.39 is 0 Å². The van der Waals surface area contributed by atoms with E-state index in [9.17, 15) is 0 Å². The highest BCUT2D eigenvalue weighted by Gasteiger charge is 2.03. The molecule has 0 aliphatic heterocycles. The van der Waals surface area contributed by atoms with Crippen LogP contribution in [-0.4, -0.2) is 50.1 Å². The fourth-order valence-corrected chi connectivity index (χ4v) is 2.68. The van der Waals surface area contributed by atoms with Crippen molar-refractivity contribution in [3.63, 3.8) is 0 Å². The third-order valence-electron chi connectivity index (χ3n) is 2.48. The third-order valence-corrected chi connectivity index (χ3v) is 4.24. The first-order valence-corrected chi connectivity index (χ1v) is 9.07. The second-order valence-electron chi connectivity index (χ2n) is 4.48. The Morgan fingerprint density at radius 1 is 1.43 bits per heavy atom. The Bertz CT molecular complexity index is 409. The van der Waals surface area contributed by atoms with Gasteiger partial charge in [-0.3, -0.25) is 0 Å². The van der Waals surface area contributed by atoms with Crippen LogP contribution in [0.1, 0.15) is 19.0 Å². The molecule has 0 aromatic carbocycles. The molecule has 0 bridgehead atoms. The summed E-state index contributed by atoms with van der Waals surface area (Å²) in [4.78, 5) is 11.1. The average molecular weight is 443 g/mol. The largest absolute Gasteiger partial charge is 0.357 e. The minimum Gasteiger partial charge on any atom is -0.357 e. The molecule has 1 aromatic heterocycles. The zero-order valence-electron chi connectivity index (χ0n) is 13.2. The van der Waals surface area contributed by atoms with E-state index in [2.05, 4.69) is 39.2 Å². The highest BCUT2D eigenvalue weighted by molar-refractivity contribution is 14.0.